The molecule has 1 unspecified atom stereocenters. The Hall–Kier alpha value is -1.13. The summed E-state index contributed by atoms with van der Waals surface area (Å²) in [6, 6.07) is 2.14. The van der Waals surface area contributed by atoms with Gasteiger partial charge in [-0.3, -0.25) is 0 Å². The largest absolute Gasteiger partial charge is 0.492 e. The van der Waals surface area contributed by atoms with Crippen LogP contribution in [0.3, 0.4) is 0 Å². The number of hydrogen-bond acceptors (Lipinski definition) is 4. The van der Waals surface area contributed by atoms with Gasteiger partial charge < -0.3 is 19.9 Å². The van der Waals surface area contributed by atoms with Gasteiger partial charge in [-0.05, 0) is 37.3 Å². The highest BCUT2D eigenvalue weighted by Crippen LogP contribution is 2.45. The van der Waals surface area contributed by atoms with Gasteiger partial charge in [0.25, 0.3) is 0 Å². The third-order valence-corrected chi connectivity index (χ3v) is 3.80. The first-order valence-electron chi connectivity index (χ1n) is 7.31. The third-order valence-electron chi connectivity index (χ3n) is 3.51. The summed E-state index contributed by atoms with van der Waals surface area (Å²) >= 11 is 6.25. The molecule has 5 heteroatoms. The van der Waals surface area contributed by atoms with E-state index in [9.17, 15) is 0 Å². The molecule has 0 saturated heterocycles. The second kappa shape index (κ2) is 9.00. The molecule has 0 amide bonds. The van der Waals surface area contributed by atoms with E-state index in [0.29, 0.717) is 22.3 Å². The highest BCUT2D eigenvalue weighted by Gasteiger charge is 2.19. The molecule has 0 saturated carbocycles. The van der Waals surface area contributed by atoms with Crippen molar-refractivity contribution < 1.29 is 14.2 Å². The summed E-state index contributed by atoms with van der Waals surface area (Å²) in [5.41, 5.74) is 7.07. The molecule has 120 valence electrons. The highest BCUT2D eigenvalue weighted by atomic mass is 35.5. The Morgan fingerprint density at radius 1 is 1.05 bits per heavy atom. The van der Waals surface area contributed by atoms with Gasteiger partial charge >= 0.3 is 0 Å². The lowest BCUT2D eigenvalue weighted by Crippen LogP contribution is -2.19. The van der Waals surface area contributed by atoms with Crippen LogP contribution >= 0.6 is 11.6 Å². The SMILES string of the molecule is CCCC(N)CCCc1cc(Cl)c(OC)c(OC)c1OC. The molecule has 4 nitrogen and oxygen atoms in total. The number of nitrogens with two attached hydrogens (primary N) is 1. The van der Waals surface area contributed by atoms with E-state index in [2.05, 4.69) is 6.92 Å². The van der Waals surface area contributed by atoms with Crippen LogP contribution in [0.25, 0.3) is 0 Å². The molecular formula is C16H26ClNO3. The predicted molar refractivity (Wildman–Crippen MR) is 86.9 cm³/mol. The number of benzene rings is 1. The smallest absolute Gasteiger partial charge is 0.205 e. The number of ether oxygens (including phenoxy) is 3. The zero-order chi connectivity index (χ0) is 15.8. The Bertz CT molecular complexity index is 452. The van der Waals surface area contributed by atoms with Crippen molar-refractivity contribution in [2.24, 2.45) is 5.73 Å². The quantitative estimate of drug-likeness (QED) is 0.752. The lowest BCUT2D eigenvalue weighted by molar-refractivity contribution is 0.322. The van der Waals surface area contributed by atoms with E-state index in [1.807, 2.05) is 6.07 Å². The summed E-state index contributed by atoms with van der Waals surface area (Å²) in [5.74, 6) is 1.73. The molecule has 1 rings (SSSR count). The van der Waals surface area contributed by atoms with E-state index in [0.717, 1.165) is 37.7 Å². The standard InChI is InChI=1S/C16H26ClNO3/c1-5-7-12(18)9-6-8-11-10-13(17)15(20-3)16(21-4)14(11)19-2/h10,12H,5-9,18H2,1-4H3. The third kappa shape index (κ3) is 4.68. The van der Waals surface area contributed by atoms with Gasteiger partial charge in [0.15, 0.2) is 11.5 Å². The van der Waals surface area contributed by atoms with Crippen molar-refractivity contribution in [3.8, 4) is 17.2 Å². The fraction of sp³-hybridized carbons (Fsp3) is 0.625. The minimum atomic E-state index is 0.261. The molecule has 0 aromatic heterocycles. The molecule has 0 spiro atoms. The van der Waals surface area contributed by atoms with Gasteiger partial charge in [0.1, 0.15) is 0 Å². The van der Waals surface area contributed by atoms with Crippen molar-refractivity contribution in [1.29, 1.82) is 0 Å². The van der Waals surface area contributed by atoms with E-state index in [4.69, 9.17) is 31.5 Å². The first-order valence-corrected chi connectivity index (χ1v) is 7.69. The first-order chi connectivity index (χ1) is 10.1. The van der Waals surface area contributed by atoms with Gasteiger partial charge in [0.05, 0.1) is 26.4 Å². The van der Waals surface area contributed by atoms with Gasteiger partial charge in [-0.25, -0.2) is 0 Å². The predicted octanol–water partition coefficient (Wildman–Crippen LogP) is 3.82. The average molecular weight is 316 g/mol. The topological polar surface area (TPSA) is 53.7 Å². The Morgan fingerprint density at radius 3 is 2.19 bits per heavy atom. The van der Waals surface area contributed by atoms with Crippen LogP contribution in [0.1, 0.15) is 38.2 Å². The van der Waals surface area contributed by atoms with Crippen molar-refractivity contribution in [3.63, 3.8) is 0 Å². The summed E-state index contributed by atoms with van der Waals surface area (Å²) in [7, 11) is 4.77. The Labute approximate surface area is 132 Å². The van der Waals surface area contributed by atoms with E-state index >= 15 is 0 Å². The number of methoxy groups -OCH3 is 3. The molecule has 0 aliphatic heterocycles. The van der Waals surface area contributed by atoms with Crippen molar-refractivity contribution in [2.45, 2.75) is 45.1 Å². The molecular weight excluding hydrogens is 290 g/mol. The van der Waals surface area contributed by atoms with Crippen molar-refractivity contribution in [2.75, 3.05) is 21.3 Å². The minimum Gasteiger partial charge on any atom is -0.492 e. The van der Waals surface area contributed by atoms with Crippen LogP contribution in [-0.2, 0) is 6.42 Å². The molecule has 0 bridgehead atoms. The van der Waals surface area contributed by atoms with Crippen LogP contribution in [-0.4, -0.2) is 27.4 Å². The van der Waals surface area contributed by atoms with Crippen LogP contribution in [0.15, 0.2) is 6.07 Å². The molecule has 0 aliphatic carbocycles. The molecule has 0 radical (unpaired) electrons. The van der Waals surface area contributed by atoms with Gasteiger partial charge in [0.2, 0.25) is 5.75 Å². The van der Waals surface area contributed by atoms with Crippen molar-refractivity contribution in [3.05, 3.63) is 16.7 Å². The number of halogens is 1. The number of hydrogen-bond donors (Lipinski definition) is 1. The lowest BCUT2D eigenvalue weighted by atomic mass is 10.0. The van der Waals surface area contributed by atoms with Gasteiger partial charge in [-0.15, -0.1) is 0 Å². The maximum absolute atomic E-state index is 6.25. The zero-order valence-corrected chi connectivity index (χ0v) is 14.1. The van der Waals surface area contributed by atoms with Crippen LogP contribution in [0.4, 0.5) is 0 Å². The van der Waals surface area contributed by atoms with E-state index < -0.39 is 0 Å². The van der Waals surface area contributed by atoms with E-state index in [-0.39, 0.29) is 6.04 Å². The second-order valence-electron chi connectivity index (χ2n) is 5.06. The molecule has 2 N–H and O–H groups in total. The van der Waals surface area contributed by atoms with Crippen molar-refractivity contribution in [1.82, 2.24) is 0 Å². The lowest BCUT2D eigenvalue weighted by Gasteiger charge is -2.17. The summed E-state index contributed by atoms with van der Waals surface area (Å²) in [4.78, 5) is 0. The van der Waals surface area contributed by atoms with E-state index in [1.165, 1.54) is 0 Å². The minimum absolute atomic E-state index is 0.261. The van der Waals surface area contributed by atoms with Gasteiger partial charge in [-0.2, -0.15) is 0 Å². The Kier molecular flexibility index (Phi) is 7.68. The molecule has 1 atom stereocenters. The molecule has 1 aromatic carbocycles. The molecule has 0 aliphatic rings. The molecule has 0 fully saturated rings. The van der Waals surface area contributed by atoms with Crippen molar-refractivity contribution >= 4 is 11.6 Å². The van der Waals surface area contributed by atoms with Crippen LogP contribution in [0, 0.1) is 0 Å². The summed E-state index contributed by atoms with van der Waals surface area (Å²) in [6.45, 7) is 2.15. The fourth-order valence-electron chi connectivity index (χ4n) is 2.50. The summed E-state index contributed by atoms with van der Waals surface area (Å²) < 4.78 is 16.1. The monoisotopic (exact) mass is 315 g/mol. The summed E-state index contributed by atoms with van der Waals surface area (Å²) in [6.07, 6.45) is 5.00. The zero-order valence-electron chi connectivity index (χ0n) is 13.4. The second-order valence-corrected chi connectivity index (χ2v) is 5.47. The molecule has 21 heavy (non-hydrogen) atoms. The average Bonchev–Trinajstić information content (AvgIpc) is 2.46. The Morgan fingerprint density at radius 2 is 1.67 bits per heavy atom. The maximum Gasteiger partial charge on any atom is 0.205 e. The first kappa shape index (κ1) is 17.9. The fourth-order valence-corrected chi connectivity index (χ4v) is 2.79. The highest BCUT2D eigenvalue weighted by molar-refractivity contribution is 6.32. The molecule has 0 heterocycles. The van der Waals surface area contributed by atoms with Gasteiger partial charge in [0, 0.05) is 6.04 Å². The molecule has 1 aromatic rings. The number of rotatable bonds is 9. The van der Waals surface area contributed by atoms with Gasteiger partial charge in [-0.1, -0.05) is 24.9 Å². The van der Waals surface area contributed by atoms with Crippen LogP contribution in [0.5, 0.6) is 17.2 Å². The Balaban J connectivity index is 2.89. The van der Waals surface area contributed by atoms with Crippen LogP contribution < -0.4 is 19.9 Å². The van der Waals surface area contributed by atoms with Crippen LogP contribution in [0.2, 0.25) is 5.02 Å². The summed E-state index contributed by atoms with van der Waals surface area (Å²) in [5, 5.41) is 0.531. The maximum atomic E-state index is 6.25. The normalized spacial score (nSPS) is 12.1. The number of aryl methyl sites for hydroxylation is 1. The van der Waals surface area contributed by atoms with E-state index in [1.54, 1.807) is 21.3 Å².